The Morgan fingerprint density at radius 2 is 2.00 bits per heavy atom. The third kappa shape index (κ3) is 1.99. The van der Waals surface area contributed by atoms with Gasteiger partial charge in [-0.1, -0.05) is 42.5 Å². The Kier molecular flexibility index (Phi) is 2.46. The van der Waals surface area contributed by atoms with Crippen LogP contribution in [0.5, 0.6) is 0 Å². The van der Waals surface area contributed by atoms with Gasteiger partial charge in [0, 0.05) is 6.04 Å². The number of rotatable bonds is 1. The normalized spacial score (nSPS) is 27.5. The van der Waals surface area contributed by atoms with Crippen LogP contribution in [0.15, 0.2) is 42.5 Å². The van der Waals surface area contributed by atoms with E-state index in [9.17, 15) is 0 Å². The molecule has 1 aliphatic rings. The molecule has 0 saturated carbocycles. The van der Waals surface area contributed by atoms with E-state index in [0.717, 1.165) is 6.42 Å². The molecule has 1 aromatic carbocycles. The standard InChI is InChI=1S/C12H15N/c1-10-6-5-9-12(13-10)11-7-3-2-4-8-11/h2-5,7-10,12-13H,6H2,1H3. The second kappa shape index (κ2) is 3.75. The lowest BCUT2D eigenvalue weighted by Crippen LogP contribution is -2.31. The molecule has 0 amide bonds. The molecule has 0 saturated heterocycles. The van der Waals surface area contributed by atoms with Gasteiger partial charge in [-0.3, -0.25) is 0 Å². The van der Waals surface area contributed by atoms with E-state index in [2.05, 4.69) is 54.7 Å². The van der Waals surface area contributed by atoms with Crippen LogP contribution in [0, 0.1) is 0 Å². The first-order valence-corrected chi connectivity index (χ1v) is 4.84. The first kappa shape index (κ1) is 8.52. The zero-order chi connectivity index (χ0) is 9.10. The molecule has 1 N–H and O–H groups in total. The molecule has 13 heavy (non-hydrogen) atoms. The van der Waals surface area contributed by atoms with Crippen molar-refractivity contribution in [3.05, 3.63) is 48.0 Å². The Morgan fingerprint density at radius 1 is 1.23 bits per heavy atom. The molecule has 1 heteroatoms. The molecule has 1 heterocycles. The summed E-state index contributed by atoms with van der Waals surface area (Å²) in [5.41, 5.74) is 1.35. The fraction of sp³-hybridized carbons (Fsp3) is 0.333. The third-order valence-electron chi connectivity index (χ3n) is 2.44. The van der Waals surface area contributed by atoms with Crippen molar-refractivity contribution in [1.82, 2.24) is 5.32 Å². The van der Waals surface area contributed by atoms with Crippen LogP contribution in [0.4, 0.5) is 0 Å². The van der Waals surface area contributed by atoms with Crippen molar-refractivity contribution in [1.29, 1.82) is 0 Å². The molecule has 2 atom stereocenters. The van der Waals surface area contributed by atoms with Crippen molar-refractivity contribution in [2.75, 3.05) is 0 Å². The molecular weight excluding hydrogens is 158 g/mol. The van der Waals surface area contributed by atoms with Crippen molar-refractivity contribution in [3.63, 3.8) is 0 Å². The monoisotopic (exact) mass is 173 g/mol. The van der Waals surface area contributed by atoms with Crippen LogP contribution < -0.4 is 5.32 Å². The van der Waals surface area contributed by atoms with E-state index >= 15 is 0 Å². The van der Waals surface area contributed by atoms with Gasteiger partial charge in [0.05, 0.1) is 6.04 Å². The maximum absolute atomic E-state index is 3.55. The summed E-state index contributed by atoms with van der Waals surface area (Å²) in [6.45, 7) is 2.22. The van der Waals surface area contributed by atoms with Crippen LogP contribution in [0.25, 0.3) is 0 Å². The van der Waals surface area contributed by atoms with Crippen LogP contribution in [0.1, 0.15) is 24.9 Å². The Labute approximate surface area is 79.5 Å². The van der Waals surface area contributed by atoms with E-state index in [0.29, 0.717) is 12.1 Å². The van der Waals surface area contributed by atoms with E-state index in [1.807, 2.05) is 0 Å². The summed E-state index contributed by atoms with van der Waals surface area (Å²) in [7, 11) is 0. The first-order valence-electron chi connectivity index (χ1n) is 4.84. The topological polar surface area (TPSA) is 12.0 Å². The second-order valence-corrected chi connectivity index (χ2v) is 3.62. The third-order valence-corrected chi connectivity index (χ3v) is 2.44. The maximum atomic E-state index is 3.55. The van der Waals surface area contributed by atoms with Crippen molar-refractivity contribution in [2.24, 2.45) is 0 Å². The molecule has 68 valence electrons. The summed E-state index contributed by atoms with van der Waals surface area (Å²) in [5, 5.41) is 3.55. The van der Waals surface area contributed by atoms with Gasteiger partial charge in [0.15, 0.2) is 0 Å². The second-order valence-electron chi connectivity index (χ2n) is 3.62. The summed E-state index contributed by atoms with van der Waals surface area (Å²) in [6, 6.07) is 11.6. The van der Waals surface area contributed by atoms with E-state index in [-0.39, 0.29) is 0 Å². The SMILES string of the molecule is CC1CC=CC(c2ccccc2)N1. The van der Waals surface area contributed by atoms with Crippen molar-refractivity contribution < 1.29 is 0 Å². The van der Waals surface area contributed by atoms with E-state index in [4.69, 9.17) is 0 Å². The number of benzene rings is 1. The molecule has 1 aliphatic heterocycles. The molecule has 0 bridgehead atoms. The molecule has 2 unspecified atom stereocenters. The largest absolute Gasteiger partial charge is 0.304 e. The highest BCUT2D eigenvalue weighted by Gasteiger charge is 2.13. The maximum Gasteiger partial charge on any atom is 0.0508 e. The van der Waals surface area contributed by atoms with Crippen molar-refractivity contribution >= 4 is 0 Å². The van der Waals surface area contributed by atoms with Gasteiger partial charge in [0.2, 0.25) is 0 Å². The summed E-state index contributed by atoms with van der Waals surface area (Å²) >= 11 is 0. The lowest BCUT2D eigenvalue weighted by molar-refractivity contribution is 0.489. The molecule has 2 rings (SSSR count). The van der Waals surface area contributed by atoms with Gasteiger partial charge in [-0.2, -0.15) is 0 Å². The summed E-state index contributed by atoms with van der Waals surface area (Å²) < 4.78 is 0. The van der Waals surface area contributed by atoms with Crippen molar-refractivity contribution in [3.8, 4) is 0 Å². The van der Waals surface area contributed by atoms with Crippen LogP contribution in [-0.4, -0.2) is 6.04 Å². The molecule has 0 fully saturated rings. The summed E-state index contributed by atoms with van der Waals surface area (Å²) in [5.74, 6) is 0. The highest BCUT2D eigenvalue weighted by atomic mass is 14.9. The summed E-state index contributed by atoms with van der Waals surface area (Å²) in [6.07, 6.45) is 5.65. The van der Waals surface area contributed by atoms with E-state index in [1.54, 1.807) is 0 Å². The minimum Gasteiger partial charge on any atom is -0.304 e. The number of hydrogen-bond acceptors (Lipinski definition) is 1. The van der Waals surface area contributed by atoms with Crippen molar-refractivity contribution in [2.45, 2.75) is 25.4 Å². The van der Waals surface area contributed by atoms with Gasteiger partial charge < -0.3 is 5.32 Å². The average Bonchev–Trinajstić information content (AvgIpc) is 2.19. The lowest BCUT2D eigenvalue weighted by atomic mass is 10.0. The average molecular weight is 173 g/mol. The predicted molar refractivity (Wildman–Crippen MR) is 55.5 cm³/mol. The van der Waals surface area contributed by atoms with Crippen LogP contribution >= 0.6 is 0 Å². The molecular formula is C12H15N. The summed E-state index contributed by atoms with van der Waals surface area (Å²) in [4.78, 5) is 0. The van der Waals surface area contributed by atoms with Gasteiger partial charge in [-0.15, -0.1) is 0 Å². The zero-order valence-electron chi connectivity index (χ0n) is 7.90. The Balaban J connectivity index is 2.18. The van der Waals surface area contributed by atoms with Gasteiger partial charge in [-0.25, -0.2) is 0 Å². The minimum atomic E-state index is 0.407. The minimum absolute atomic E-state index is 0.407. The fourth-order valence-electron chi connectivity index (χ4n) is 1.72. The number of hydrogen-bond donors (Lipinski definition) is 1. The molecule has 0 radical (unpaired) electrons. The van der Waals surface area contributed by atoms with Gasteiger partial charge >= 0.3 is 0 Å². The van der Waals surface area contributed by atoms with Crippen LogP contribution in [0.3, 0.4) is 0 Å². The Hall–Kier alpha value is -1.08. The molecule has 0 aromatic heterocycles. The van der Waals surface area contributed by atoms with Gasteiger partial charge in [-0.05, 0) is 18.9 Å². The van der Waals surface area contributed by atoms with Crippen LogP contribution in [0.2, 0.25) is 0 Å². The quantitative estimate of drug-likeness (QED) is 0.644. The van der Waals surface area contributed by atoms with Crippen LogP contribution in [-0.2, 0) is 0 Å². The molecule has 0 spiro atoms. The fourth-order valence-corrected chi connectivity index (χ4v) is 1.72. The lowest BCUT2D eigenvalue weighted by Gasteiger charge is -2.24. The predicted octanol–water partition coefficient (Wildman–Crippen LogP) is 2.67. The Morgan fingerprint density at radius 3 is 2.69 bits per heavy atom. The molecule has 0 aliphatic carbocycles. The Bertz CT molecular complexity index is 289. The molecule has 1 aromatic rings. The van der Waals surface area contributed by atoms with E-state index < -0.39 is 0 Å². The smallest absolute Gasteiger partial charge is 0.0508 e. The first-order chi connectivity index (χ1) is 6.36. The highest BCUT2D eigenvalue weighted by molar-refractivity contribution is 5.24. The number of nitrogens with one attached hydrogen (secondary N) is 1. The zero-order valence-corrected chi connectivity index (χ0v) is 7.90. The highest BCUT2D eigenvalue weighted by Crippen LogP contribution is 2.19. The van der Waals surface area contributed by atoms with Gasteiger partial charge in [0.1, 0.15) is 0 Å². The van der Waals surface area contributed by atoms with Gasteiger partial charge in [0.25, 0.3) is 0 Å². The molecule has 1 nitrogen and oxygen atoms in total. The van der Waals surface area contributed by atoms with E-state index in [1.165, 1.54) is 5.56 Å².